The summed E-state index contributed by atoms with van der Waals surface area (Å²) in [6.45, 7) is 0. The number of anilines is 1. The van der Waals surface area contributed by atoms with Gasteiger partial charge in [-0.1, -0.05) is 11.3 Å². The minimum atomic E-state index is -3.59. The molecule has 0 spiro atoms. The van der Waals surface area contributed by atoms with Gasteiger partial charge in [0.15, 0.2) is 15.0 Å². The minimum Gasteiger partial charge on any atom is -0.465 e. The van der Waals surface area contributed by atoms with Crippen LogP contribution in [0.1, 0.15) is 23.2 Å². The van der Waals surface area contributed by atoms with Crippen molar-refractivity contribution in [3.05, 3.63) is 53.8 Å². The van der Waals surface area contributed by atoms with E-state index in [1.807, 2.05) is 0 Å². The molecule has 0 radical (unpaired) electrons. The predicted molar refractivity (Wildman–Crippen MR) is 107 cm³/mol. The first-order chi connectivity index (χ1) is 13.8. The number of sulfone groups is 1. The second-order valence-electron chi connectivity index (χ2n) is 6.12. The van der Waals surface area contributed by atoms with Gasteiger partial charge in [0.05, 0.1) is 33.5 Å². The zero-order valence-corrected chi connectivity index (χ0v) is 17.0. The number of rotatable bonds is 7. The Hall–Kier alpha value is -2.85. The molecule has 0 aliphatic rings. The average molecular weight is 436 g/mol. The third-order valence-electron chi connectivity index (χ3n) is 4.05. The van der Waals surface area contributed by atoms with Crippen LogP contribution in [0.5, 0.6) is 0 Å². The van der Waals surface area contributed by atoms with Crippen LogP contribution in [0.15, 0.2) is 47.4 Å². The molecule has 0 saturated carbocycles. The van der Waals surface area contributed by atoms with Crippen LogP contribution in [0.4, 0.5) is 9.52 Å². The van der Waals surface area contributed by atoms with E-state index >= 15 is 0 Å². The molecule has 7 nitrogen and oxygen atoms in total. The van der Waals surface area contributed by atoms with Crippen molar-refractivity contribution in [2.45, 2.75) is 17.7 Å². The number of carbonyl (C=O) groups excluding carboxylic acids is 2. The lowest BCUT2D eigenvalue weighted by molar-refractivity contribution is -0.116. The molecule has 1 N–H and O–H groups in total. The molecule has 2 aromatic carbocycles. The first kappa shape index (κ1) is 20.9. The summed E-state index contributed by atoms with van der Waals surface area (Å²) in [4.78, 5) is 28.0. The van der Waals surface area contributed by atoms with Gasteiger partial charge < -0.3 is 10.1 Å². The van der Waals surface area contributed by atoms with Crippen LogP contribution >= 0.6 is 11.3 Å². The normalized spacial score (nSPS) is 11.4. The molecule has 0 atom stereocenters. The molecular weight excluding hydrogens is 419 g/mol. The highest BCUT2D eigenvalue weighted by atomic mass is 32.2. The van der Waals surface area contributed by atoms with Gasteiger partial charge >= 0.3 is 5.97 Å². The maximum Gasteiger partial charge on any atom is 0.337 e. The van der Waals surface area contributed by atoms with Crippen LogP contribution in [-0.2, 0) is 19.4 Å². The average Bonchev–Trinajstić information content (AvgIpc) is 3.08. The number of amides is 1. The lowest BCUT2D eigenvalue weighted by Crippen LogP contribution is -2.14. The van der Waals surface area contributed by atoms with Gasteiger partial charge in [-0.05, 0) is 48.9 Å². The fraction of sp³-hybridized carbons (Fsp3) is 0.211. The van der Waals surface area contributed by atoms with Crippen molar-refractivity contribution in [3.63, 3.8) is 0 Å². The molecule has 3 rings (SSSR count). The molecule has 152 valence electrons. The Kier molecular flexibility index (Phi) is 6.23. The number of nitrogens with zero attached hydrogens (tertiary/aromatic N) is 1. The van der Waals surface area contributed by atoms with Crippen molar-refractivity contribution in [2.24, 2.45) is 0 Å². The van der Waals surface area contributed by atoms with Crippen LogP contribution in [0, 0.1) is 5.82 Å². The maximum atomic E-state index is 12.9. The van der Waals surface area contributed by atoms with Gasteiger partial charge in [-0.15, -0.1) is 0 Å². The third kappa shape index (κ3) is 5.15. The molecule has 0 unspecified atom stereocenters. The van der Waals surface area contributed by atoms with E-state index in [0.29, 0.717) is 20.9 Å². The van der Waals surface area contributed by atoms with Crippen molar-refractivity contribution in [2.75, 3.05) is 18.2 Å². The monoisotopic (exact) mass is 436 g/mol. The Morgan fingerprint density at radius 2 is 1.90 bits per heavy atom. The molecule has 0 aliphatic heterocycles. The lowest BCUT2D eigenvalue weighted by atomic mass is 10.2. The Morgan fingerprint density at radius 1 is 1.17 bits per heavy atom. The molecule has 29 heavy (non-hydrogen) atoms. The summed E-state index contributed by atoms with van der Waals surface area (Å²) in [5, 5.41) is 2.99. The molecule has 0 fully saturated rings. The minimum absolute atomic E-state index is 0.0102. The van der Waals surface area contributed by atoms with Gasteiger partial charge in [-0.25, -0.2) is 22.6 Å². The van der Waals surface area contributed by atoms with Gasteiger partial charge in [0, 0.05) is 6.42 Å². The Bertz CT molecular complexity index is 1160. The molecule has 1 heterocycles. The smallest absolute Gasteiger partial charge is 0.337 e. The summed E-state index contributed by atoms with van der Waals surface area (Å²) in [6, 6.07) is 9.44. The van der Waals surface area contributed by atoms with E-state index in [1.54, 1.807) is 18.2 Å². The standard InChI is InChI=1S/C19H17FN2O5S2/c1-27-18(24)12-4-9-15-16(11-12)28-19(21-15)22-17(23)3-2-10-29(25,26)14-7-5-13(20)6-8-14/h4-9,11H,2-3,10H2,1H3,(H,21,22,23). The van der Waals surface area contributed by atoms with E-state index in [0.717, 1.165) is 12.1 Å². The molecule has 0 bridgehead atoms. The first-order valence-electron chi connectivity index (χ1n) is 8.55. The number of hydrogen-bond acceptors (Lipinski definition) is 7. The number of hydrogen-bond donors (Lipinski definition) is 1. The van der Waals surface area contributed by atoms with Gasteiger partial charge in [-0.3, -0.25) is 4.79 Å². The van der Waals surface area contributed by atoms with Crippen LogP contribution < -0.4 is 5.32 Å². The molecular formula is C19H17FN2O5S2. The number of thiazole rings is 1. The summed E-state index contributed by atoms with van der Waals surface area (Å²) in [6.07, 6.45) is 0.104. The van der Waals surface area contributed by atoms with E-state index in [-0.39, 0.29) is 29.4 Å². The Balaban J connectivity index is 1.58. The van der Waals surface area contributed by atoms with Gasteiger partial charge in [0.25, 0.3) is 0 Å². The number of nitrogens with one attached hydrogen (secondary N) is 1. The van der Waals surface area contributed by atoms with E-state index in [9.17, 15) is 22.4 Å². The van der Waals surface area contributed by atoms with Crippen molar-refractivity contribution in [1.82, 2.24) is 4.98 Å². The Morgan fingerprint density at radius 3 is 2.59 bits per heavy atom. The number of benzene rings is 2. The van der Waals surface area contributed by atoms with Gasteiger partial charge in [-0.2, -0.15) is 0 Å². The maximum absolute atomic E-state index is 12.9. The molecule has 1 aromatic heterocycles. The molecule has 10 heteroatoms. The Labute approximate surface area is 170 Å². The molecule has 0 saturated heterocycles. The second-order valence-corrected chi connectivity index (χ2v) is 9.26. The summed E-state index contributed by atoms with van der Waals surface area (Å²) in [5.74, 6) is -1.58. The van der Waals surface area contributed by atoms with Gasteiger partial charge in [0.1, 0.15) is 5.82 Å². The summed E-state index contributed by atoms with van der Waals surface area (Å²) >= 11 is 1.20. The third-order valence-corrected chi connectivity index (χ3v) is 6.80. The van der Waals surface area contributed by atoms with Gasteiger partial charge in [0.2, 0.25) is 5.91 Å². The van der Waals surface area contributed by atoms with Crippen molar-refractivity contribution < 1.29 is 27.1 Å². The number of methoxy groups -OCH3 is 1. The zero-order chi connectivity index (χ0) is 21.0. The van der Waals surface area contributed by atoms with Crippen molar-refractivity contribution in [3.8, 4) is 0 Å². The number of esters is 1. The van der Waals surface area contributed by atoms with Crippen LogP contribution in [0.3, 0.4) is 0 Å². The lowest BCUT2D eigenvalue weighted by Gasteiger charge is -2.04. The summed E-state index contributed by atoms with van der Waals surface area (Å²) in [5.41, 5.74) is 1.00. The zero-order valence-electron chi connectivity index (χ0n) is 15.3. The van der Waals surface area contributed by atoms with Crippen LogP contribution in [0.2, 0.25) is 0 Å². The number of ether oxygens (including phenoxy) is 1. The van der Waals surface area contributed by atoms with Crippen LogP contribution in [0.25, 0.3) is 10.2 Å². The number of halogens is 1. The van der Waals surface area contributed by atoms with E-state index in [2.05, 4.69) is 15.0 Å². The molecule has 3 aromatic rings. The molecule has 1 amide bonds. The van der Waals surface area contributed by atoms with E-state index in [1.165, 1.54) is 30.6 Å². The highest BCUT2D eigenvalue weighted by Crippen LogP contribution is 2.27. The van der Waals surface area contributed by atoms with E-state index < -0.39 is 21.6 Å². The number of carbonyl (C=O) groups is 2. The second kappa shape index (κ2) is 8.66. The van der Waals surface area contributed by atoms with Crippen LogP contribution in [-0.4, -0.2) is 38.1 Å². The predicted octanol–water partition coefficient (Wildman–Crippen LogP) is 3.41. The largest absolute Gasteiger partial charge is 0.465 e. The summed E-state index contributed by atoms with van der Waals surface area (Å²) in [7, 11) is -2.29. The van der Waals surface area contributed by atoms with Crippen molar-refractivity contribution >= 4 is 48.4 Å². The SMILES string of the molecule is COC(=O)c1ccc2nc(NC(=O)CCCS(=O)(=O)c3ccc(F)cc3)sc2c1. The number of fused-ring (bicyclic) bond motifs is 1. The van der Waals surface area contributed by atoms with E-state index in [4.69, 9.17) is 0 Å². The molecule has 0 aliphatic carbocycles. The fourth-order valence-corrected chi connectivity index (χ4v) is 4.82. The highest BCUT2D eigenvalue weighted by Gasteiger charge is 2.16. The summed E-state index contributed by atoms with van der Waals surface area (Å²) < 4.78 is 42.7. The quantitative estimate of drug-likeness (QED) is 0.450. The fourth-order valence-electron chi connectivity index (χ4n) is 2.59. The topological polar surface area (TPSA) is 102 Å². The van der Waals surface area contributed by atoms with Crippen molar-refractivity contribution in [1.29, 1.82) is 0 Å². The first-order valence-corrected chi connectivity index (χ1v) is 11.0. The highest BCUT2D eigenvalue weighted by molar-refractivity contribution is 7.91. The number of aromatic nitrogens is 1.